The molecule has 1 aliphatic rings. The quantitative estimate of drug-likeness (QED) is 0.680. The average molecular weight is 319 g/mol. The molecule has 1 saturated carbocycles. The summed E-state index contributed by atoms with van der Waals surface area (Å²) in [4.78, 5) is 30.5. The summed E-state index contributed by atoms with van der Waals surface area (Å²) < 4.78 is 0. The second-order valence-corrected chi connectivity index (χ2v) is 6.38. The van der Waals surface area contributed by atoms with Crippen LogP contribution in [0.1, 0.15) is 36.2 Å². The van der Waals surface area contributed by atoms with E-state index < -0.39 is 11.4 Å². The predicted octanol–water partition coefficient (Wildman–Crippen LogP) is 1.45. The standard InChI is InChI=1S/C14H17N5O2S/c15-11(20)9-5-8(6-17-9)10-7-22-13(18-10)19-12(21)14(16)3-1-2-4-14/h5-7,17H,1-4,16H2,(H2,15,20)(H,18,19,21). The van der Waals surface area contributed by atoms with Crippen molar-refractivity contribution in [3.63, 3.8) is 0 Å². The van der Waals surface area contributed by atoms with Crippen LogP contribution >= 0.6 is 11.3 Å². The molecule has 22 heavy (non-hydrogen) atoms. The first kappa shape index (κ1) is 14.7. The number of aromatic amines is 1. The Balaban J connectivity index is 1.73. The number of nitrogens with zero attached hydrogens (tertiary/aromatic N) is 1. The zero-order valence-corrected chi connectivity index (χ0v) is 12.7. The minimum Gasteiger partial charge on any atom is -0.364 e. The van der Waals surface area contributed by atoms with Crippen LogP contribution in [-0.2, 0) is 4.79 Å². The second kappa shape index (κ2) is 5.54. The molecule has 7 nitrogen and oxygen atoms in total. The molecule has 0 bridgehead atoms. The van der Waals surface area contributed by atoms with Crippen molar-refractivity contribution in [1.82, 2.24) is 9.97 Å². The normalized spacial score (nSPS) is 16.6. The van der Waals surface area contributed by atoms with Crippen LogP contribution in [0.5, 0.6) is 0 Å². The van der Waals surface area contributed by atoms with Crippen molar-refractivity contribution in [1.29, 1.82) is 0 Å². The lowest BCUT2D eigenvalue weighted by atomic mass is 9.98. The Morgan fingerprint density at radius 2 is 2.09 bits per heavy atom. The number of carbonyl (C=O) groups is 2. The highest BCUT2D eigenvalue weighted by atomic mass is 32.1. The van der Waals surface area contributed by atoms with E-state index in [0.717, 1.165) is 18.4 Å². The first-order valence-electron chi connectivity index (χ1n) is 7.02. The van der Waals surface area contributed by atoms with E-state index >= 15 is 0 Å². The molecule has 0 atom stereocenters. The molecule has 0 aromatic carbocycles. The highest BCUT2D eigenvalue weighted by Crippen LogP contribution is 2.30. The number of carbonyl (C=O) groups excluding carboxylic acids is 2. The predicted molar refractivity (Wildman–Crippen MR) is 84.4 cm³/mol. The molecule has 0 unspecified atom stereocenters. The molecule has 2 aromatic rings. The number of rotatable bonds is 4. The largest absolute Gasteiger partial charge is 0.364 e. The Bertz CT molecular complexity index is 714. The lowest BCUT2D eigenvalue weighted by molar-refractivity contribution is -0.121. The summed E-state index contributed by atoms with van der Waals surface area (Å²) in [5.41, 5.74) is 12.3. The number of primary amides is 1. The molecule has 3 rings (SSSR count). The summed E-state index contributed by atoms with van der Waals surface area (Å²) >= 11 is 1.32. The summed E-state index contributed by atoms with van der Waals surface area (Å²) in [6, 6.07) is 1.63. The number of anilines is 1. The fourth-order valence-electron chi connectivity index (χ4n) is 2.60. The monoisotopic (exact) mass is 319 g/mol. The molecule has 1 aliphatic carbocycles. The van der Waals surface area contributed by atoms with Gasteiger partial charge in [-0.25, -0.2) is 4.98 Å². The number of nitrogens with one attached hydrogen (secondary N) is 2. The molecule has 2 aromatic heterocycles. The van der Waals surface area contributed by atoms with E-state index in [9.17, 15) is 9.59 Å². The first-order chi connectivity index (χ1) is 10.5. The minimum atomic E-state index is -0.779. The fraction of sp³-hybridized carbons (Fsp3) is 0.357. The van der Waals surface area contributed by atoms with Gasteiger partial charge < -0.3 is 21.8 Å². The molecule has 116 valence electrons. The molecule has 0 radical (unpaired) electrons. The van der Waals surface area contributed by atoms with E-state index in [1.807, 2.05) is 0 Å². The van der Waals surface area contributed by atoms with E-state index in [-0.39, 0.29) is 5.91 Å². The van der Waals surface area contributed by atoms with E-state index in [4.69, 9.17) is 11.5 Å². The Labute approximate surface area is 131 Å². The first-order valence-corrected chi connectivity index (χ1v) is 7.90. The number of thiazole rings is 1. The van der Waals surface area contributed by atoms with Crippen molar-refractivity contribution < 1.29 is 9.59 Å². The van der Waals surface area contributed by atoms with Gasteiger partial charge >= 0.3 is 0 Å². The van der Waals surface area contributed by atoms with E-state index in [1.165, 1.54) is 11.3 Å². The fourth-order valence-corrected chi connectivity index (χ4v) is 3.32. The lowest BCUT2D eigenvalue weighted by Gasteiger charge is -2.21. The number of hydrogen-bond donors (Lipinski definition) is 4. The number of hydrogen-bond acceptors (Lipinski definition) is 5. The Hall–Kier alpha value is -2.19. The molecule has 0 saturated heterocycles. The number of H-pyrrole nitrogens is 1. The van der Waals surface area contributed by atoms with Gasteiger partial charge in [-0.2, -0.15) is 0 Å². The molecule has 2 amide bonds. The Morgan fingerprint density at radius 1 is 1.36 bits per heavy atom. The third-order valence-corrected chi connectivity index (χ3v) is 4.67. The number of nitrogens with two attached hydrogens (primary N) is 2. The van der Waals surface area contributed by atoms with Crippen molar-refractivity contribution >= 4 is 28.3 Å². The van der Waals surface area contributed by atoms with Gasteiger partial charge in [0.2, 0.25) is 5.91 Å². The van der Waals surface area contributed by atoms with Crippen LogP contribution in [0.2, 0.25) is 0 Å². The Kier molecular flexibility index (Phi) is 3.71. The van der Waals surface area contributed by atoms with Crippen molar-refractivity contribution in [3.05, 3.63) is 23.3 Å². The van der Waals surface area contributed by atoms with Gasteiger partial charge in [0.15, 0.2) is 5.13 Å². The average Bonchev–Trinajstić information content (AvgIpc) is 3.17. The van der Waals surface area contributed by atoms with Crippen LogP contribution in [0.15, 0.2) is 17.6 Å². The molecular weight excluding hydrogens is 302 g/mol. The van der Waals surface area contributed by atoms with Crippen molar-refractivity contribution in [2.24, 2.45) is 11.5 Å². The summed E-state index contributed by atoms with van der Waals surface area (Å²) in [6.45, 7) is 0. The maximum atomic E-state index is 12.2. The van der Waals surface area contributed by atoms with Crippen LogP contribution in [0.4, 0.5) is 5.13 Å². The second-order valence-electron chi connectivity index (χ2n) is 5.52. The van der Waals surface area contributed by atoms with Crippen LogP contribution in [0.3, 0.4) is 0 Å². The van der Waals surface area contributed by atoms with Gasteiger partial charge in [0.1, 0.15) is 5.69 Å². The molecule has 6 N–H and O–H groups in total. The summed E-state index contributed by atoms with van der Waals surface area (Å²) in [7, 11) is 0. The smallest absolute Gasteiger partial charge is 0.265 e. The van der Waals surface area contributed by atoms with Gasteiger partial charge in [-0.05, 0) is 18.9 Å². The van der Waals surface area contributed by atoms with Crippen LogP contribution in [0, 0.1) is 0 Å². The van der Waals surface area contributed by atoms with Gasteiger partial charge in [0.05, 0.1) is 11.2 Å². The van der Waals surface area contributed by atoms with Crippen molar-refractivity contribution in [3.8, 4) is 11.3 Å². The third-order valence-electron chi connectivity index (χ3n) is 3.92. The zero-order chi connectivity index (χ0) is 15.7. The summed E-state index contributed by atoms with van der Waals surface area (Å²) in [6.07, 6.45) is 5.02. The zero-order valence-electron chi connectivity index (χ0n) is 11.9. The van der Waals surface area contributed by atoms with E-state index in [0.29, 0.717) is 29.4 Å². The highest BCUT2D eigenvalue weighted by molar-refractivity contribution is 7.14. The lowest BCUT2D eigenvalue weighted by Crippen LogP contribution is -2.48. The molecule has 8 heteroatoms. The van der Waals surface area contributed by atoms with Crippen LogP contribution < -0.4 is 16.8 Å². The van der Waals surface area contributed by atoms with Crippen molar-refractivity contribution in [2.75, 3.05) is 5.32 Å². The van der Waals surface area contributed by atoms with E-state index in [2.05, 4.69) is 15.3 Å². The molecule has 0 spiro atoms. The number of amides is 2. The maximum absolute atomic E-state index is 12.2. The minimum absolute atomic E-state index is 0.183. The summed E-state index contributed by atoms with van der Waals surface area (Å²) in [5, 5.41) is 5.09. The van der Waals surface area contributed by atoms with Crippen LogP contribution in [-0.4, -0.2) is 27.3 Å². The van der Waals surface area contributed by atoms with Gasteiger partial charge in [-0.1, -0.05) is 12.8 Å². The summed E-state index contributed by atoms with van der Waals surface area (Å²) in [5.74, 6) is -0.709. The molecule has 2 heterocycles. The van der Waals surface area contributed by atoms with Crippen LogP contribution in [0.25, 0.3) is 11.3 Å². The topological polar surface area (TPSA) is 127 Å². The SMILES string of the molecule is NC(=O)c1cc(-c2csc(NC(=O)C3(N)CCCC3)n2)c[nH]1. The maximum Gasteiger partial charge on any atom is 0.265 e. The van der Waals surface area contributed by atoms with Gasteiger partial charge in [0.25, 0.3) is 5.91 Å². The molecular formula is C14H17N5O2S. The number of aromatic nitrogens is 2. The molecule has 1 fully saturated rings. The highest BCUT2D eigenvalue weighted by Gasteiger charge is 2.37. The van der Waals surface area contributed by atoms with Gasteiger partial charge in [0, 0.05) is 17.1 Å². The van der Waals surface area contributed by atoms with Crippen molar-refractivity contribution in [2.45, 2.75) is 31.2 Å². The molecule has 0 aliphatic heterocycles. The third kappa shape index (κ3) is 2.75. The van der Waals surface area contributed by atoms with Gasteiger partial charge in [-0.3, -0.25) is 9.59 Å². The van der Waals surface area contributed by atoms with Gasteiger partial charge in [-0.15, -0.1) is 11.3 Å². The Morgan fingerprint density at radius 3 is 2.73 bits per heavy atom. The van der Waals surface area contributed by atoms with E-state index in [1.54, 1.807) is 17.6 Å².